The van der Waals surface area contributed by atoms with E-state index >= 15 is 0 Å². The van der Waals surface area contributed by atoms with Crippen LogP contribution in [0.2, 0.25) is 5.02 Å². The van der Waals surface area contributed by atoms with Crippen LogP contribution in [0.4, 0.5) is 0 Å². The highest BCUT2D eigenvalue weighted by atomic mass is 35.5. The van der Waals surface area contributed by atoms with Crippen LogP contribution >= 0.6 is 22.9 Å². The summed E-state index contributed by atoms with van der Waals surface area (Å²) in [4.78, 5) is 27.4. The Morgan fingerprint density at radius 1 is 1.14 bits per heavy atom. The minimum absolute atomic E-state index is 0.143. The summed E-state index contributed by atoms with van der Waals surface area (Å²) in [6.45, 7) is 1.58. The Labute approximate surface area is 171 Å². The maximum atomic E-state index is 12.5. The first kappa shape index (κ1) is 17.8. The number of nitrogens with zero attached hydrogens (tertiary/aromatic N) is 3. The number of fused-ring (bicyclic) bond motifs is 2. The van der Waals surface area contributed by atoms with Crippen LogP contribution in [0.3, 0.4) is 0 Å². The van der Waals surface area contributed by atoms with Gasteiger partial charge in [-0.1, -0.05) is 30.2 Å². The summed E-state index contributed by atoms with van der Waals surface area (Å²) in [7, 11) is 0. The Morgan fingerprint density at radius 2 is 2.04 bits per heavy atom. The molecule has 0 aliphatic carbocycles. The predicted molar refractivity (Wildman–Crippen MR) is 114 cm³/mol. The van der Waals surface area contributed by atoms with Crippen LogP contribution in [0.25, 0.3) is 21.1 Å². The van der Waals surface area contributed by atoms with E-state index in [0.717, 1.165) is 29.9 Å². The highest BCUT2D eigenvalue weighted by molar-refractivity contribution is 7.18. The molecule has 1 aliphatic rings. The van der Waals surface area contributed by atoms with E-state index < -0.39 is 0 Å². The quantitative estimate of drug-likeness (QED) is 0.521. The molecule has 1 N–H and O–H groups in total. The molecule has 142 valence electrons. The summed E-state index contributed by atoms with van der Waals surface area (Å²) in [5.74, 6) is 0.688. The fourth-order valence-corrected chi connectivity index (χ4v) is 5.23. The van der Waals surface area contributed by atoms with Crippen LogP contribution < -0.4 is 5.56 Å². The van der Waals surface area contributed by atoms with Gasteiger partial charge in [-0.3, -0.25) is 9.69 Å². The fraction of sp³-hybridized carbons (Fsp3) is 0.286. The van der Waals surface area contributed by atoms with Crippen molar-refractivity contribution < 1.29 is 0 Å². The van der Waals surface area contributed by atoms with Crippen molar-refractivity contribution in [2.45, 2.75) is 31.8 Å². The van der Waals surface area contributed by atoms with Gasteiger partial charge < -0.3 is 4.98 Å². The van der Waals surface area contributed by atoms with E-state index in [9.17, 15) is 4.79 Å². The SMILES string of the molecule is O=c1[nH]c(CN2CCCC[C@@H]2c2nc3ccccc3s2)nc2ccc(Cl)cc12. The van der Waals surface area contributed by atoms with Crippen LogP contribution in [0.5, 0.6) is 0 Å². The number of benzene rings is 2. The lowest BCUT2D eigenvalue weighted by molar-refractivity contribution is 0.137. The number of para-hydroxylation sites is 1. The number of hydrogen-bond acceptors (Lipinski definition) is 5. The summed E-state index contributed by atoms with van der Waals surface area (Å²) < 4.78 is 1.22. The molecular weight excluding hydrogens is 392 g/mol. The van der Waals surface area contributed by atoms with Gasteiger partial charge in [-0.2, -0.15) is 0 Å². The standard InChI is InChI=1S/C21H19ClN4OS/c22-13-8-9-15-14(11-13)20(27)25-19(23-15)12-26-10-4-3-6-17(26)21-24-16-5-1-2-7-18(16)28-21/h1-2,5,7-9,11,17H,3-4,6,10,12H2,(H,23,25,27)/t17-/m1/s1. The summed E-state index contributed by atoms with van der Waals surface area (Å²) >= 11 is 7.78. The first-order valence-electron chi connectivity index (χ1n) is 9.45. The third-order valence-corrected chi connectivity index (χ3v) is 6.65. The van der Waals surface area contributed by atoms with Crippen molar-refractivity contribution in [2.24, 2.45) is 0 Å². The second-order valence-corrected chi connectivity index (χ2v) is 8.67. The zero-order valence-corrected chi connectivity index (χ0v) is 16.8. The molecular formula is C21H19ClN4OS. The monoisotopic (exact) mass is 410 g/mol. The molecule has 1 saturated heterocycles. The number of thiazole rings is 1. The topological polar surface area (TPSA) is 61.9 Å². The van der Waals surface area contributed by atoms with Crippen molar-refractivity contribution in [3.63, 3.8) is 0 Å². The normalized spacial score (nSPS) is 18.1. The third kappa shape index (κ3) is 3.32. The van der Waals surface area contributed by atoms with Gasteiger partial charge in [0.15, 0.2) is 0 Å². The molecule has 5 nitrogen and oxygen atoms in total. The molecule has 1 fully saturated rings. The minimum atomic E-state index is -0.143. The number of rotatable bonds is 3. The van der Waals surface area contributed by atoms with Crippen molar-refractivity contribution in [1.29, 1.82) is 0 Å². The Bertz CT molecular complexity index is 1180. The lowest BCUT2D eigenvalue weighted by Gasteiger charge is -2.34. The van der Waals surface area contributed by atoms with E-state index in [1.54, 1.807) is 29.5 Å². The molecule has 3 heterocycles. The van der Waals surface area contributed by atoms with E-state index in [1.807, 2.05) is 6.07 Å². The Balaban J connectivity index is 1.48. The van der Waals surface area contributed by atoms with Crippen molar-refractivity contribution >= 4 is 44.1 Å². The summed E-state index contributed by atoms with van der Waals surface area (Å²) in [6, 6.07) is 13.8. The lowest BCUT2D eigenvalue weighted by atomic mass is 10.0. The molecule has 4 aromatic rings. The van der Waals surface area contributed by atoms with Crippen LogP contribution in [-0.2, 0) is 6.54 Å². The lowest BCUT2D eigenvalue weighted by Crippen LogP contribution is -2.34. The zero-order valence-electron chi connectivity index (χ0n) is 15.2. The molecule has 0 unspecified atom stereocenters. The molecule has 1 aliphatic heterocycles. The number of halogens is 1. The molecule has 0 saturated carbocycles. The number of piperidine rings is 1. The first-order chi connectivity index (χ1) is 13.7. The average Bonchev–Trinajstić information content (AvgIpc) is 3.13. The number of H-pyrrole nitrogens is 1. The molecule has 7 heteroatoms. The zero-order chi connectivity index (χ0) is 19.1. The van der Waals surface area contributed by atoms with Crippen LogP contribution in [-0.4, -0.2) is 26.4 Å². The van der Waals surface area contributed by atoms with E-state index in [2.05, 4.69) is 33.1 Å². The first-order valence-corrected chi connectivity index (χ1v) is 10.6. The Kier molecular flexibility index (Phi) is 4.62. The molecule has 5 rings (SSSR count). The van der Waals surface area contributed by atoms with Gasteiger partial charge in [-0.05, 0) is 49.7 Å². The second kappa shape index (κ2) is 7.28. The Hall–Kier alpha value is -2.28. The van der Waals surface area contributed by atoms with Crippen LogP contribution in [0, 0.1) is 0 Å². The van der Waals surface area contributed by atoms with Gasteiger partial charge in [-0.15, -0.1) is 11.3 Å². The summed E-state index contributed by atoms with van der Waals surface area (Å²) in [6.07, 6.45) is 3.42. The van der Waals surface area contributed by atoms with Crippen molar-refractivity contribution in [3.05, 3.63) is 68.7 Å². The molecule has 0 bridgehead atoms. The predicted octanol–water partition coefficient (Wildman–Crippen LogP) is 4.91. The fourth-order valence-electron chi connectivity index (χ4n) is 3.92. The van der Waals surface area contributed by atoms with E-state index in [-0.39, 0.29) is 11.6 Å². The smallest absolute Gasteiger partial charge is 0.258 e. The molecule has 2 aromatic heterocycles. The minimum Gasteiger partial charge on any atom is -0.309 e. The van der Waals surface area contributed by atoms with Crippen molar-refractivity contribution in [2.75, 3.05) is 6.54 Å². The van der Waals surface area contributed by atoms with Gasteiger partial charge in [0.1, 0.15) is 10.8 Å². The van der Waals surface area contributed by atoms with Crippen molar-refractivity contribution in [1.82, 2.24) is 19.9 Å². The number of likely N-dealkylation sites (tertiary alicyclic amines) is 1. The van der Waals surface area contributed by atoms with Gasteiger partial charge in [0.05, 0.1) is 33.7 Å². The highest BCUT2D eigenvalue weighted by Crippen LogP contribution is 2.36. The molecule has 0 radical (unpaired) electrons. The molecule has 1 atom stereocenters. The average molecular weight is 411 g/mol. The number of aromatic amines is 1. The maximum absolute atomic E-state index is 12.5. The highest BCUT2D eigenvalue weighted by Gasteiger charge is 2.27. The second-order valence-electron chi connectivity index (χ2n) is 7.18. The van der Waals surface area contributed by atoms with Crippen LogP contribution in [0.1, 0.15) is 36.1 Å². The number of nitrogens with one attached hydrogen (secondary N) is 1. The largest absolute Gasteiger partial charge is 0.309 e. The Morgan fingerprint density at radius 3 is 2.93 bits per heavy atom. The molecule has 2 aromatic carbocycles. The molecule has 0 amide bonds. The van der Waals surface area contributed by atoms with Gasteiger partial charge >= 0.3 is 0 Å². The third-order valence-electron chi connectivity index (χ3n) is 5.28. The van der Waals surface area contributed by atoms with E-state index in [0.29, 0.717) is 28.3 Å². The number of hydrogen-bond donors (Lipinski definition) is 1. The van der Waals surface area contributed by atoms with Gasteiger partial charge in [0.2, 0.25) is 0 Å². The van der Waals surface area contributed by atoms with Gasteiger partial charge in [0.25, 0.3) is 5.56 Å². The summed E-state index contributed by atoms with van der Waals surface area (Å²) in [5, 5.41) is 2.22. The van der Waals surface area contributed by atoms with E-state index in [4.69, 9.17) is 16.6 Å². The maximum Gasteiger partial charge on any atom is 0.258 e. The molecule has 28 heavy (non-hydrogen) atoms. The van der Waals surface area contributed by atoms with Gasteiger partial charge in [0, 0.05) is 5.02 Å². The summed E-state index contributed by atoms with van der Waals surface area (Å²) in [5.41, 5.74) is 1.59. The van der Waals surface area contributed by atoms with Crippen LogP contribution in [0.15, 0.2) is 47.3 Å². The van der Waals surface area contributed by atoms with Crippen molar-refractivity contribution in [3.8, 4) is 0 Å². The van der Waals surface area contributed by atoms with Gasteiger partial charge in [-0.25, -0.2) is 9.97 Å². The molecule has 0 spiro atoms. The number of aromatic nitrogens is 3. The van der Waals surface area contributed by atoms with E-state index in [1.165, 1.54) is 11.1 Å².